The zero-order valence-corrected chi connectivity index (χ0v) is 11.2. The van der Waals surface area contributed by atoms with Crippen molar-refractivity contribution in [1.29, 1.82) is 0 Å². The number of esters is 1. The molecular weight excluding hydrogens is 285 g/mol. The van der Waals surface area contributed by atoms with Crippen molar-refractivity contribution in [3.05, 3.63) is 40.8 Å². The Bertz CT molecular complexity index is 692. The van der Waals surface area contributed by atoms with Gasteiger partial charge in [-0.2, -0.15) is 0 Å². The molecule has 0 atom stereocenters. The minimum atomic E-state index is -0.737. The quantitative estimate of drug-likeness (QED) is 0.656. The normalized spacial score (nSPS) is 10.3. The molecule has 2 aromatic rings. The fourth-order valence-electron chi connectivity index (χ4n) is 1.68. The molecule has 0 saturated heterocycles. The smallest absolute Gasteiger partial charge is 0.358 e. The second-order valence-electron chi connectivity index (χ2n) is 3.95. The molecule has 104 valence electrons. The highest BCUT2D eigenvalue weighted by molar-refractivity contribution is 6.35. The predicted molar refractivity (Wildman–Crippen MR) is 74.8 cm³/mol. The van der Waals surface area contributed by atoms with Gasteiger partial charge in [0.05, 0.1) is 29.2 Å². The highest BCUT2D eigenvalue weighted by atomic mass is 35.5. The van der Waals surface area contributed by atoms with Gasteiger partial charge in [0.15, 0.2) is 5.69 Å². The van der Waals surface area contributed by atoms with Crippen LogP contribution in [0, 0.1) is 5.82 Å². The molecule has 0 unspecified atom stereocenters. The first-order valence-corrected chi connectivity index (χ1v) is 5.92. The van der Waals surface area contributed by atoms with Gasteiger partial charge in [0.25, 0.3) is 0 Å². The Hall–Kier alpha value is -2.34. The number of nitrogens with zero attached hydrogens (tertiary/aromatic N) is 1. The van der Waals surface area contributed by atoms with Crippen LogP contribution in [0.4, 0.5) is 15.8 Å². The molecule has 4 N–H and O–H groups in total. The molecule has 1 aromatic carbocycles. The van der Waals surface area contributed by atoms with E-state index in [-0.39, 0.29) is 27.8 Å². The van der Waals surface area contributed by atoms with Crippen LogP contribution < -0.4 is 11.5 Å². The Kier molecular flexibility index (Phi) is 3.76. The van der Waals surface area contributed by atoms with Gasteiger partial charge in [0.1, 0.15) is 5.82 Å². The van der Waals surface area contributed by atoms with Crippen LogP contribution in [0.2, 0.25) is 5.02 Å². The lowest BCUT2D eigenvalue weighted by atomic mass is 10.1. The maximum absolute atomic E-state index is 13.5. The number of carbonyl (C=O) groups is 1. The first kappa shape index (κ1) is 14.1. The van der Waals surface area contributed by atoms with Crippen molar-refractivity contribution in [2.45, 2.75) is 0 Å². The lowest BCUT2D eigenvalue weighted by molar-refractivity contribution is 0.0594. The number of benzene rings is 1. The molecule has 0 aliphatic rings. The van der Waals surface area contributed by atoms with Crippen LogP contribution in [0.3, 0.4) is 0 Å². The van der Waals surface area contributed by atoms with Crippen molar-refractivity contribution in [2.24, 2.45) is 0 Å². The van der Waals surface area contributed by atoms with Gasteiger partial charge in [0, 0.05) is 5.56 Å². The van der Waals surface area contributed by atoms with E-state index in [0.29, 0.717) is 5.56 Å². The van der Waals surface area contributed by atoms with Crippen LogP contribution in [-0.2, 0) is 4.74 Å². The Labute approximate surface area is 119 Å². The summed E-state index contributed by atoms with van der Waals surface area (Å²) in [6.07, 6.45) is 0. The van der Waals surface area contributed by atoms with Gasteiger partial charge >= 0.3 is 5.97 Å². The molecule has 0 amide bonds. The summed E-state index contributed by atoms with van der Waals surface area (Å²) in [6.45, 7) is 0. The highest BCUT2D eigenvalue weighted by Gasteiger charge is 2.18. The van der Waals surface area contributed by atoms with Gasteiger partial charge in [-0.3, -0.25) is 0 Å². The van der Waals surface area contributed by atoms with Crippen LogP contribution in [0.5, 0.6) is 0 Å². The zero-order chi connectivity index (χ0) is 14.9. The van der Waals surface area contributed by atoms with Gasteiger partial charge in [-0.15, -0.1) is 0 Å². The molecule has 20 heavy (non-hydrogen) atoms. The molecule has 0 bridgehead atoms. The summed E-state index contributed by atoms with van der Waals surface area (Å²) in [7, 11) is 1.19. The van der Waals surface area contributed by atoms with Gasteiger partial charge in [-0.05, 0) is 12.1 Å². The third-order valence-corrected chi connectivity index (χ3v) is 3.09. The molecule has 1 heterocycles. The van der Waals surface area contributed by atoms with E-state index in [1.807, 2.05) is 0 Å². The van der Waals surface area contributed by atoms with E-state index in [0.717, 1.165) is 0 Å². The number of ether oxygens (including phenoxy) is 1. The second kappa shape index (κ2) is 5.34. The largest absolute Gasteiger partial charge is 0.464 e. The molecule has 0 saturated carbocycles. The van der Waals surface area contributed by atoms with Crippen LogP contribution in [0.1, 0.15) is 10.5 Å². The van der Waals surface area contributed by atoms with Crippen molar-refractivity contribution >= 4 is 28.9 Å². The van der Waals surface area contributed by atoms with E-state index in [4.69, 9.17) is 23.1 Å². The standard InChI is InChI=1S/C13H11ClFN3O2/c1-20-13(19)12-10(14)8(16)5-9(18-12)6-3-2-4-7(15)11(6)17/h2-5H,17H2,1H3,(H2,16,18). The number of rotatable bonds is 2. The monoisotopic (exact) mass is 295 g/mol. The first-order chi connectivity index (χ1) is 9.45. The summed E-state index contributed by atoms with van der Waals surface area (Å²) < 4.78 is 18.0. The minimum Gasteiger partial charge on any atom is -0.464 e. The van der Waals surface area contributed by atoms with Crippen LogP contribution in [-0.4, -0.2) is 18.1 Å². The number of para-hydroxylation sites is 1. The number of methoxy groups -OCH3 is 1. The molecule has 0 spiro atoms. The minimum absolute atomic E-state index is 0.0180. The molecule has 0 aliphatic carbocycles. The zero-order valence-electron chi connectivity index (χ0n) is 10.5. The number of nitrogen functional groups attached to an aromatic ring is 2. The second-order valence-corrected chi connectivity index (χ2v) is 4.33. The lowest BCUT2D eigenvalue weighted by Crippen LogP contribution is -2.08. The fraction of sp³-hybridized carbons (Fsp3) is 0.0769. The Morgan fingerprint density at radius 2 is 2.10 bits per heavy atom. The molecule has 1 aromatic heterocycles. The number of halogens is 2. The number of hydrogen-bond donors (Lipinski definition) is 2. The van der Waals surface area contributed by atoms with Gasteiger partial charge < -0.3 is 16.2 Å². The van der Waals surface area contributed by atoms with E-state index in [1.165, 1.54) is 25.3 Å². The highest BCUT2D eigenvalue weighted by Crippen LogP contribution is 2.32. The lowest BCUT2D eigenvalue weighted by Gasteiger charge is -2.10. The van der Waals surface area contributed by atoms with Crippen molar-refractivity contribution in [3.8, 4) is 11.3 Å². The fourth-order valence-corrected chi connectivity index (χ4v) is 1.85. The van der Waals surface area contributed by atoms with Gasteiger partial charge in [-0.1, -0.05) is 23.7 Å². The van der Waals surface area contributed by atoms with E-state index in [2.05, 4.69) is 9.72 Å². The summed E-state index contributed by atoms with van der Waals surface area (Å²) in [4.78, 5) is 15.6. The maximum atomic E-state index is 13.5. The third-order valence-electron chi connectivity index (χ3n) is 2.69. The molecule has 0 radical (unpaired) electrons. The third kappa shape index (κ3) is 2.37. The van der Waals surface area contributed by atoms with E-state index < -0.39 is 11.8 Å². The Balaban J connectivity index is 2.67. The molecule has 5 nitrogen and oxygen atoms in total. The van der Waals surface area contributed by atoms with E-state index in [1.54, 1.807) is 6.07 Å². The average molecular weight is 296 g/mol. The average Bonchev–Trinajstić information content (AvgIpc) is 2.44. The summed E-state index contributed by atoms with van der Waals surface area (Å²) in [5.74, 6) is -1.32. The van der Waals surface area contributed by atoms with Gasteiger partial charge in [-0.25, -0.2) is 14.2 Å². The van der Waals surface area contributed by atoms with Crippen LogP contribution in [0.25, 0.3) is 11.3 Å². The SMILES string of the molecule is COC(=O)c1nc(-c2cccc(F)c2N)cc(N)c1Cl. The van der Waals surface area contributed by atoms with Crippen LogP contribution in [0.15, 0.2) is 24.3 Å². The van der Waals surface area contributed by atoms with Crippen LogP contribution >= 0.6 is 11.6 Å². The van der Waals surface area contributed by atoms with Crippen molar-refractivity contribution < 1.29 is 13.9 Å². The number of carbonyl (C=O) groups excluding carboxylic acids is 1. The van der Waals surface area contributed by atoms with E-state index >= 15 is 0 Å². The molecule has 0 fully saturated rings. The topological polar surface area (TPSA) is 91.2 Å². The molecule has 0 aliphatic heterocycles. The first-order valence-electron chi connectivity index (χ1n) is 5.54. The van der Waals surface area contributed by atoms with E-state index in [9.17, 15) is 9.18 Å². The predicted octanol–water partition coefficient (Wildman–Crippen LogP) is 2.49. The van der Waals surface area contributed by atoms with Gasteiger partial charge in [0.2, 0.25) is 0 Å². The van der Waals surface area contributed by atoms with Crippen molar-refractivity contribution in [3.63, 3.8) is 0 Å². The van der Waals surface area contributed by atoms with Crippen molar-refractivity contribution in [2.75, 3.05) is 18.6 Å². The molecular formula is C13H11ClFN3O2. The summed E-state index contributed by atoms with van der Waals surface area (Å²) in [5.41, 5.74) is 11.8. The summed E-state index contributed by atoms with van der Waals surface area (Å²) in [5, 5.41) is -0.0180. The summed E-state index contributed by atoms with van der Waals surface area (Å²) in [6, 6.07) is 5.68. The Morgan fingerprint density at radius 1 is 1.40 bits per heavy atom. The number of nitrogens with two attached hydrogens (primary N) is 2. The number of hydrogen-bond acceptors (Lipinski definition) is 5. The number of pyridine rings is 1. The Morgan fingerprint density at radius 3 is 2.75 bits per heavy atom. The molecule has 2 rings (SSSR count). The summed E-state index contributed by atoms with van der Waals surface area (Å²) >= 11 is 5.90. The number of aromatic nitrogens is 1. The number of anilines is 2. The van der Waals surface area contributed by atoms with Crippen molar-refractivity contribution in [1.82, 2.24) is 4.98 Å². The maximum Gasteiger partial charge on any atom is 0.358 e. The molecule has 7 heteroatoms.